The average Bonchev–Trinajstić information content (AvgIpc) is 2.35. The van der Waals surface area contributed by atoms with Crippen molar-refractivity contribution < 1.29 is 30.9 Å². The number of aliphatic hydroxyl groups is 1. The predicted octanol–water partition coefficient (Wildman–Crippen LogP) is 2.36. The Labute approximate surface area is 114 Å². The number of aliphatic hydroxyl groups excluding tert-OH is 1. The molecule has 0 aliphatic rings. The highest BCUT2D eigenvalue weighted by molar-refractivity contribution is 7.87. The zero-order valence-electron chi connectivity index (χ0n) is 10.5. The molecule has 0 amide bonds. The highest BCUT2D eigenvalue weighted by atomic mass is 32.2. The molecule has 1 N–H and O–H groups in total. The van der Waals surface area contributed by atoms with Gasteiger partial charge >= 0.3 is 15.6 Å². The van der Waals surface area contributed by atoms with Crippen molar-refractivity contribution in [1.29, 1.82) is 0 Å². The van der Waals surface area contributed by atoms with Crippen molar-refractivity contribution in [1.82, 2.24) is 0 Å². The van der Waals surface area contributed by atoms with Crippen LogP contribution in [0.15, 0.2) is 41.7 Å². The van der Waals surface area contributed by atoms with Crippen LogP contribution in [0.1, 0.15) is 12.5 Å². The van der Waals surface area contributed by atoms with Gasteiger partial charge in [-0.2, -0.15) is 21.6 Å². The number of rotatable bonds is 5. The lowest BCUT2D eigenvalue weighted by molar-refractivity contribution is -0.0522. The number of hydrogen-bond acceptors (Lipinski definition) is 4. The van der Waals surface area contributed by atoms with E-state index in [4.69, 9.17) is 5.11 Å². The predicted molar refractivity (Wildman–Crippen MR) is 66.0 cm³/mol. The zero-order valence-corrected chi connectivity index (χ0v) is 11.3. The first-order valence-corrected chi connectivity index (χ1v) is 6.92. The molecule has 0 aliphatic heterocycles. The monoisotopic (exact) mass is 310 g/mol. The van der Waals surface area contributed by atoms with Crippen LogP contribution < -0.4 is 0 Å². The van der Waals surface area contributed by atoms with Crippen LogP contribution in [0.4, 0.5) is 13.2 Å². The Morgan fingerprint density at radius 2 is 1.80 bits per heavy atom. The summed E-state index contributed by atoms with van der Waals surface area (Å²) in [6, 6.07) is 8.58. The molecule has 1 aromatic carbocycles. The van der Waals surface area contributed by atoms with Crippen LogP contribution in [0, 0.1) is 0 Å². The molecule has 20 heavy (non-hydrogen) atoms. The van der Waals surface area contributed by atoms with Crippen molar-refractivity contribution >= 4 is 10.1 Å². The maximum absolute atomic E-state index is 12.2. The first-order chi connectivity index (χ1) is 9.17. The molecule has 0 fully saturated rings. The Hall–Kier alpha value is -1.54. The Balaban J connectivity index is 2.97. The standard InChI is InChI=1S/C12H13F3O4S/c1-9(19-20(17,18)12(13,14)15)11(8-16)7-10-5-3-2-4-6-10/h2-6,16H,7-8H2,1H3/b11-9+. The van der Waals surface area contributed by atoms with Crippen LogP contribution >= 0.6 is 0 Å². The van der Waals surface area contributed by atoms with Gasteiger partial charge in [0.2, 0.25) is 0 Å². The molecule has 1 rings (SSSR count). The van der Waals surface area contributed by atoms with E-state index in [0.717, 1.165) is 6.92 Å². The van der Waals surface area contributed by atoms with Crippen molar-refractivity contribution in [2.75, 3.05) is 6.61 Å². The Morgan fingerprint density at radius 1 is 1.25 bits per heavy atom. The van der Waals surface area contributed by atoms with Crippen LogP contribution in [0.3, 0.4) is 0 Å². The van der Waals surface area contributed by atoms with Gasteiger partial charge in [-0.3, -0.25) is 0 Å². The molecule has 0 aliphatic carbocycles. The van der Waals surface area contributed by atoms with Gasteiger partial charge in [-0.25, -0.2) is 0 Å². The minimum Gasteiger partial charge on any atom is -0.392 e. The first-order valence-electron chi connectivity index (χ1n) is 5.51. The van der Waals surface area contributed by atoms with Crippen LogP contribution in [0.5, 0.6) is 0 Å². The molecule has 0 atom stereocenters. The molecule has 8 heteroatoms. The van der Waals surface area contributed by atoms with Crippen LogP contribution in [0.25, 0.3) is 0 Å². The molecule has 0 radical (unpaired) electrons. The highest BCUT2D eigenvalue weighted by Crippen LogP contribution is 2.27. The van der Waals surface area contributed by atoms with E-state index in [0.29, 0.717) is 5.56 Å². The fourth-order valence-electron chi connectivity index (χ4n) is 1.40. The summed E-state index contributed by atoms with van der Waals surface area (Å²) in [7, 11) is -5.71. The molecular weight excluding hydrogens is 297 g/mol. The van der Waals surface area contributed by atoms with Gasteiger partial charge in [0.1, 0.15) is 5.76 Å². The van der Waals surface area contributed by atoms with E-state index in [-0.39, 0.29) is 12.0 Å². The lowest BCUT2D eigenvalue weighted by atomic mass is 10.1. The second kappa shape index (κ2) is 6.27. The minimum atomic E-state index is -5.71. The largest absolute Gasteiger partial charge is 0.534 e. The lowest BCUT2D eigenvalue weighted by Gasteiger charge is -2.13. The molecular formula is C12H13F3O4S. The van der Waals surface area contributed by atoms with Gasteiger partial charge in [0.15, 0.2) is 0 Å². The summed E-state index contributed by atoms with van der Waals surface area (Å²) in [4.78, 5) is 0. The van der Waals surface area contributed by atoms with Crippen molar-refractivity contribution in [3.63, 3.8) is 0 Å². The molecule has 0 bridgehead atoms. The average molecular weight is 310 g/mol. The van der Waals surface area contributed by atoms with Gasteiger partial charge in [-0.1, -0.05) is 30.3 Å². The van der Waals surface area contributed by atoms with Gasteiger partial charge in [0, 0.05) is 0 Å². The number of allylic oxidation sites excluding steroid dienone is 1. The van der Waals surface area contributed by atoms with E-state index in [9.17, 15) is 21.6 Å². The number of benzene rings is 1. The third kappa shape index (κ3) is 4.24. The fraction of sp³-hybridized carbons (Fsp3) is 0.333. The van der Waals surface area contributed by atoms with Gasteiger partial charge < -0.3 is 9.29 Å². The third-order valence-corrected chi connectivity index (χ3v) is 3.50. The smallest absolute Gasteiger partial charge is 0.392 e. The highest BCUT2D eigenvalue weighted by Gasteiger charge is 2.48. The topological polar surface area (TPSA) is 63.6 Å². The Morgan fingerprint density at radius 3 is 2.25 bits per heavy atom. The fourth-order valence-corrected chi connectivity index (χ4v) is 1.95. The van der Waals surface area contributed by atoms with Gasteiger partial charge in [-0.15, -0.1) is 0 Å². The first kappa shape index (κ1) is 16.5. The molecule has 1 aromatic rings. The second-order valence-corrected chi connectivity index (χ2v) is 5.50. The SMILES string of the molecule is C/C(OS(=O)(=O)C(F)(F)F)=C(\CO)Cc1ccccc1. The summed E-state index contributed by atoms with van der Waals surface area (Å²) in [6.07, 6.45) is 0.0938. The van der Waals surface area contributed by atoms with E-state index < -0.39 is 28.0 Å². The molecule has 0 aromatic heterocycles. The van der Waals surface area contributed by atoms with Crippen molar-refractivity contribution in [2.24, 2.45) is 0 Å². The van der Waals surface area contributed by atoms with E-state index in [1.165, 1.54) is 0 Å². The summed E-state index contributed by atoms with van der Waals surface area (Å²) in [6.45, 7) is 0.464. The lowest BCUT2D eigenvalue weighted by Crippen LogP contribution is -2.25. The van der Waals surface area contributed by atoms with Crippen LogP contribution in [0.2, 0.25) is 0 Å². The molecule has 0 unspecified atom stereocenters. The summed E-state index contributed by atoms with van der Waals surface area (Å²) in [5.74, 6) is -0.478. The zero-order chi connectivity index (χ0) is 15.4. The molecule has 0 saturated carbocycles. The number of alkyl halides is 3. The van der Waals surface area contributed by atoms with Crippen molar-refractivity contribution in [3.05, 3.63) is 47.2 Å². The van der Waals surface area contributed by atoms with E-state index in [1.807, 2.05) is 0 Å². The molecule has 0 saturated heterocycles. The van der Waals surface area contributed by atoms with Crippen molar-refractivity contribution in [3.8, 4) is 0 Å². The number of halogens is 3. The van der Waals surface area contributed by atoms with Crippen molar-refractivity contribution in [2.45, 2.75) is 18.9 Å². The molecule has 0 spiro atoms. The quantitative estimate of drug-likeness (QED) is 0.515. The molecule has 0 heterocycles. The molecule has 4 nitrogen and oxygen atoms in total. The maximum Gasteiger partial charge on any atom is 0.534 e. The second-order valence-electron chi connectivity index (χ2n) is 3.96. The normalized spacial score (nSPS) is 13.8. The van der Waals surface area contributed by atoms with Gasteiger partial charge in [-0.05, 0) is 24.5 Å². The van der Waals surface area contributed by atoms with Crippen LogP contribution in [-0.4, -0.2) is 25.6 Å². The summed E-state index contributed by atoms with van der Waals surface area (Å²) in [5.41, 5.74) is -4.73. The summed E-state index contributed by atoms with van der Waals surface area (Å²) in [5, 5.41) is 9.14. The Kier molecular flexibility index (Phi) is 5.18. The summed E-state index contributed by atoms with van der Waals surface area (Å²) >= 11 is 0. The minimum absolute atomic E-state index is 0.0593. The van der Waals surface area contributed by atoms with Crippen LogP contribution in [-0.2, 0) is 20.7 Å². The van der Waals surface area contributed by atoms with E-state index >= 15 is 0 Å². The number of hydrogen-bond donors (Lipinski definition) is 1. The van der Waals surface area contributed by atoms with E-state index in [1.54, 1.807) is 30.3 Å². The van der Waals surface area contributed by atoms with Gasteiger partial charge in [0.25, 0.3) is 0 Å². The Bertz CT molecular complexity index is 576. The maximum atomic E-state index is 12.2. The third-order valence-electron chi connectivity index (χ3n) is 2.47. The molecule has 112 valence electrons. The summed E-state index contributed by atoms with van der Waals surface area (Å²) < 4.78 is 62.3. The van der Waals surface area contributed by atoms with Gasteiger partial charge in [0.05, 0.1) is 6.61 Å². The van der Waals surface area contributed by atoms with E-state index in [2.05, 4.69) is 4.18 Å².